The van der Waals surface area contributed by atoms with E-state index in [1.54, 1.807) is 7.11 Å². The van der Waals surface area contributed by atoms with Gasteiger partial charge in [-0.05, 0) is 45.1 Å². The SMILES string of the molecule is COc1cccc(CC(C)N(C)C)c1.Cl. The maximum absolute atomic E-state index is 5.18. The van der Waals surface area contributed by atoms with Crippen LogP contribution in [0.25, 0.3) is 0 Å². The zero-order valence-corrected chi connectivity index (χ0v) is 10.7. The number of nitrogens with zero attached hydrogens (tertiary/aromatic N) is 1. The van der Waals surface area contributed by atoms with Crippen molar-refractivity contribution in [1.29, 1.82) is 0 Å². The predicted molar refractivity (Wildman–Crippen MR) is 67.1 cm³/mol. The number of hydrogen-bond donors (Lipinski definition) is 0. The number of likely N-dealkylation sites (N-methyl/N-ethyl adjacent to an activating group) is 1. The number of halogens is 1. The second kappa shape index (κ2) is 6.70. The van der Waals surface area contributed by atoms with Crippen LogP contribution in [0, 0.1) is 0 Å². The van der Waals surface area contributed by atoms with Crippen molar-refractivity contribution in [3.63, 3.8) is 0 Å². The van der Waals surface area contributed by atoms with Gasteiger partial charge in [0.15, 0.2) is 0 Å². The third-order valence-electron chi connectivity index (χ3n) is 2.55. The summed E-state index contributed by atoms with van der Waals surface area (Å²) in [6.45, 7) is 2.22. The third kappa shape index (κ3) is 4.54. The minimum atomic E-state index is 0. The van der Waals surface area contributed by atoms with Crippen LogP contribution in [0.1, 0.15) is 12.5 Å². The Labute approximate surface area is 98.6 Å². The molecule has 0 radical (unpaired) electrons. The first kappa shape index (κ1) is 14.3. The molecule has 0 N–H and O–H groups in total. The number of rotatable bonds is 4. The van der Waals surface area contributed by atoms with E-state index in [0.717, 1.165) is 12.2 Å². The third-order valence-corrected chi connectivity index (χ3v) is 2.55. The summed E-state index contributed by atoms with van der Waals surface area (Å²) in [7, 11) is 5.91. The van der Waals surface area contributed by atoms with Crippen molar-refractivity contribution in [3.05, 3.63) is 29.8 Å². The first-order chi connectivity index (χ1) is 6.63. The van der Waals surface area contributed by atoms with E-state index in [-0.39, 0.29) is 12.4 Å². The van der Waals surface area contributed by atoms with Gasteiger partial charge in [0, 0.05) is 6.04 Å². The van der Waals surface area contributed by atoms with Gasteiger partial charge < -0.3 is 9.64 Å². The smallest absolute Gasteiger partial charge is 0.119 e. The van der Waals surface area contributed by atoms with E-state index in [9.17, 15) is 0 Å². The number of benzene rings is 1. The predicted octanol–water partition coefficient (Wildman–Crippen LogP) is 2.61. The fraction of sp³-hybridized carbons (Fsp3) is 0.500. The zero-order chi connectivity index (χ0) is 10.6. The van der Waals surface area contributed by atoms with E-state index >= 15 is 0 Å². The highest BCUT2D eigenvalue weighted by molar-refractivity contribution is 5.85. The minimum Gasteiger partial charge on any atom is -0.497 e. The Balaban J connectivity index is 0.00000196. The molecule has 0 saturated carbocycles. The van der Waals surface area contributed by atoms with Crippen LogP contribution in [-0.2, 0) is 6.42 Å². The molecule has 2 nitrogen and oxygen atoms in total. The summed E-state index contributed by atoms with van der Waals surface area (Å²) in [5.74, 6) is 0.938. The molecule has 86 valence electrons. The van der Waals surface area contributed by atoms with Crippen molar-refractivity contribution in [3.8, 4) is 5.75 Å². The second-order valence-corrected chi connectivity index (χ2v) is 3.87. The van der Waals surface area contributed by atoms with Crippen molar-refractivity contribution in [2.24, 2.45) is 0 Å². The summed E-state index contributed by atoms with van der Waals surface area (Å²) in [5, 5.41) is 0. The topological polar surface area (TPSA) is 12.5 Å². The van der Waals surface area contributed by atoms with Crippen molar-refractivity contribution in [1.82, 2.24) is 4.90 Å². The maximum atomic E-state index is 5.18. The van der Waals surface area contributed by atoms with E-state index < -0.39 is 0 Å². The molecule has 15 heavy (non-hydrogen) atoms. The highest BCUT2D eigenvalue weighted by Gasteiger charge is 2.05. The molecule has 0 aromatic heterocycles. The number of methoxy groups -OCH3 is 1. The molecule has 0 spiro atoms. The van der Waals surface area contributed by atoms with Crippen molar-refractivity contribution in [2.75, 3.05) is 21.2 Å². The first-order valence-corrected chi connectivity index (χ1v) is 4.93. The van der Waals surface area contributed by atoms with Gasteiger partial charge in [0.2, 0.25) is 0 Å². The van der Waals surface area contributed by atoms with E-state index in [4.69, 9.17) is 4.74 Å². The Morgan fingerprint density at radius 3 is 2.53 bits per heavy atom. The quantitative estimate of drug-likeness (QED) is 0.787. The van der Waals surface area contributed by atoms with Gasteiger partial charge in [0.05, 0.1) is 7.11 Å². The van der Waals surface area contributed by atoms with Crippen LogP contribution in [-0.4, -0.2) is 32.1 Å². The molecule has 0 bridgehead atoms. The van der Waals surface area contributed by atoms with E-state index in [0.29, 0.717) is 6.04 Å². The summed E-state index contributed by atoms with van der Waals surface area (Å²) in [4.78, 5) is 2.22. The molecule has 1 aromatic rings. The monoisotopic (exact) mass is 229 g/mol. The molecule has 0 aliphatic heterocycles. The van der Waals surface area contributed by atoms with Gasteiger partial charge >= 0.3 is 0 Å². The normalized spacial score (nSPS) is 12.1. The Morgan fingerprint density at radius 1 is 1.33 bits per heavy atom. The molecule has 0 saturated heterocycles. The highest BCUT2D eigenvalue weighted by Crippen LogP contribution is 2.14. The summed E-state index contributed by atoms with van der Waals surface area (Å²) in [6, 6.07) is 8.81. The standard InChI is InChI=1S/C12H19NO.ClH/c1-10(13(2)3)8-11-6-5-7-12(9-11)14-4;/h5-7,9-10H,8H2,1-4H3;1H. The van der Waals surface area contributed by atoms with Gasteiger partial charge in [-0.3, -0.25) is 0 Å². The van der Waals surface area contributed by atoms with Crippen LogP contribution in [0.3, 0.4) is 0 Å². The average Bonchev–Trinajstić information content (AvgIpc) is 2.18. The Bertz CT molecular complexity index is 289. The molecule has 1 rings (SSSR count). The van der Waals surface area contributed by atoms with Crippen LogP contribution in [0.15, 0.2) is 24.3 Å². The van der Waals surface area contributed by atoms with Gasteiger partial charge in [-0.15, -0.1) is 12.4 Å². The van der Waals surface area contributed by atoms with E-state index in [2.05, 4.69) is 38.1 Å². The van der Waals surface area contributed by atoms with Crippen LogP contribution in [0.2, 0.25) is 0 Å². The van der Waals surface area contributed by atoms with Crippen LogP contribution in [0.5, 0.6) is 5.75 Å². The van der Waals surface area contributed by atoms with Crippen LogP contribution < -0.4 is 4.74 Å². The lowest BCUT2D eigenvalue weighted by atomic mass is 10.1. The van der Waals surface area contributed by atoms with Gasteiger partial charge in [-0.2, -0.15) is 0 Å². The fourth-order valence-corrected chi connectivity index (χ4v) is 1.32. The minimum absolute atomic E-state index is 0. The Kier molecular flexibility index (Phi) is 6.37. The fourth-order valence-electron chi connectivity index (χ4n) is 1.32. The summed E-state index contributed by atoms with van der Waals surface area (Å²) < 4.78 is 5.18. The van der Waals surface area contributed by atoms with E-state index in [1.165, 1.54) is 5.56 Å². The lowest BCUT2D eigenvalue weighted by Gasteiger charge is -2.19. The van der Waals surface area contributed by atoms with Gasteiger partial charge in [0.1, 0.15) is 5.75 Å². The summed E-state index contributed by atoms with van der Waals surface area (Å²) >= 11 is 0. The molecule has 1 unspecified atom stereocenters. The number of ether oxygens (including phenoxy) is 1. The first-order valence-electron chi connectivity index (χ1n) is 4.93. The van der Waals surface area contributed by atoms with Crippen molar-refractivity contribution >= 4 is 12.4 Å². The van der Waals surface area contributed by atoms with Crippen LogP contribution in [0.4, 0.5) is 0 Å². The van der Waals surface area contributed by atoms with Crippen LogP contribution >= 0.6 is 12.4 Å². The van der Waals surface area contributed by atoms with Gasteiger partial charge in [-0.25, -0.2) is 0 Å². The Hall–Kier alpha value is -0.730. The van der Waals surface area contributed by atoms with Crippen molar-refractivity contribution < 1.29 is 4.74 Å². The van der Waals surface area contributed by atoms with Gasteiger partial charge in [-0.1, -0.05) is 12.1 Å². The average molecular weight is 230 g/mol. The zero-order valence-electron chi connectivity index (χ0n) is 9.86. The molecule has 1 atom stereocenters. The highest BCUT2D eigenvalue weighted by atomic mass is 35.5. The summed E-state index contributed by atoms with van der Waals surface area (Å²) in [6.07, 6.45) is 1.06. The molecular formula is C12H20ClNO. The maximum Gasteiger partial charge on any atom is 0.119 e. The van der Waals surface area contributed by atoms with Gasteiger partial charge in [0.25, 0.3) is 0 Å². The number of hydrogen-bond acceptors (Lipinski definition) is 2. The second-order valence-electron chi connectivity index (χ2n) is 3.87. The molecular weight excluding hydrogens is 210 g/mol. The summed E-state index contributed by atoms with van der Waals surface area (Å²) in [5.41, 5.74) is 1.32. The lowest BCUT2D eigenvalue weighted by Crippen LogP contribution is -2.26. The molecule has 0 heterocycles. The molecule has 0 fully saturated rings. The molecule has 0 aliphatic carbocycles. The molecule has 1 aromatic carbocycles. The van der Waals surface area contributed by atoms with Crippen molar-refractivity contribution in [2.45, 2.75) is 19.4 Å². The lowest BCUT2D eigenvalue weighted by molar-refractivity contribution is 0.312. The molecule has 0 aliphatic rings. The molecule has 3 heteroatoms. The molecule has 0 amide bonds. The van der Waals surface area contributed by atoms with E-state index in [1.807, 2.05) is 12.1 Å². The Morgan fingerprint density at radius 2 is 2.00 bits per heavy atom. The largest absolute Gasteiger partial charge is 0.497 e.